The molecule has 1 aromatic heterocycles. The van der Waals surface area contributed by atoms with Crippen molar-refractivity contribution in [1.29, 1.82) is 0 Å². The third-order valence-corrected chi connectivity index (χ3v) is 2.82. The van der Waals surface area contributed by atoms with Crippen molar-refractivity contribution < 1.29 is 23.9 Å². The highest BCUT2D eigenvalue weighted by molar-refractivity contribution is 5.91. The van der Waals surface area contributed by atoms with Crippen molar-refractivity contribution >= 4 is 17.8 Å². The van der Waals surface area contributed by atoms with E-state index in [9.17, 15) is 14.4 Å². The van der Waals surface area contributed by atoms with Crippen LogP contribution in [0.25, 0.3) is 0 Å². The lowest BCUT2D eigenvalue weighted by Crippen LogP contribution is -2.40. The largest absolute Gasteiger partial charge is 0.480 e. The molecule has 7 nitrogen and oxygen atoms in total. The van der Waals surface area contributed by atoms with Crippen molar-refractivity contribution in [3.05, 3.63) is 24.2 Å². The van der Waals surface area contributed by atoms with Crippen LogP contribution >= 0.6 is 0 Å². The fourth-order valence-electron chi connectivity index (χ4n) is 1.76. The Morgan fingerprint density at radius 2 is 2.14 bits per heavy atom. The summed E-state index contributed by atoms with van der Waals surface area (Å²) in [7, 11) is 0. The molecule has 0 radical (unpaired) electrons. The molecule has 7 heteroatoms. The van der Waals surface area contributed by atoms with Crippen molar-refractivity contribution in [1.82, 2.24) is 10.6 Å². The van der Waals surface area contributed by atoms with Crippen LogP contribution in [0.2, 0.25) is 0 Å². The third kappa shape index (κ3) is 6.11. The molecule has 0 bridgehead atoms. The van der Waals surface area contributed by atoms with Gasteiger partial charge < -0.3 is 20.2 Å². The van der Waals surface area contributed by atoms with Gasteiger partial charge in [-0.25, -0.2) is 4.79 Å². The van der Waals surface area contributed by atoms with E-state index < -0.39 is 12.0 Å². The number of rotatable bonds is 9. The number of carboxylic acids is 1. The Balaban J connectivity index is 2.21. The maximum Gasteiger partial charge on any atom is 0.326 e. The topological polar surface area (TPSA) is 109 Å². The van der Waals surface area contributed by atoms with Crippen molar-refractivity contribution in [2.24, 2.45) is 0 Å². The van der Waals surface area contributed by atoms with E-state index in [1.54, 1.807) is 12.1 Å². The summed E-state index contributed by atoms with van der Waals surface area (Å²) >= 11 is 0. The van der Waals surface area contributed by atoms with E-state index in [1.807, 2.05) is 6.92 Å². The number of amides is 2. The lowest BCUT2D eigenvalue weighted by atomic mass is 10.1. The number of carboxylic acid groups (broad SMARTS) is 1. The van der Waals surface area contributed by atoms with Crippen LogP contribution in [0.1, 0.15) is 43.2 Å². The second kappa shape index (κ2) is 8.78. The lowest BCUT2D eigenvalue weighted by molar-refractivity contribution is -0.142. The van der Waals surface area contributed by atoms with E-state index in [2.05, 4.69) is 10.6 Å². The molecule has 1 aromatic rings. The van der Waals surface area contributed by atoms with Gasteiger partial charge in [-0.3, -0.25) is 9.59 Å². The molecule has 1 rings (SSSR count). The average molecular weight is 296 g/mol. The molecule has 0 spiro atoms. The summed E-state index contributed by atoms with van der Waals surface area (Å²) in [5.41, 5.74) is 0. The lowest BCUT2D eigenvalue weighted by Gasteiger charge is -2.13. The van der Waals surface area contributed by atoms with Gasteiger partial charge in [0.2, 0.25) is 5.91 Å². The minimum Gasteiger partial charge on any atom is -0.480 e. The molecule has 2 amide bonds. The van der Waals surface area contributed by atoms with Gasteiger partial charge in [-0.05, 0) is 25.0 Å². The monoisotopic (exact) mass is 296 g/mol. The summed E-state index contributed by atoms with van der Waals surface area (Å²) in [5, 5.41) is 14.0. The Labute approximate surface area is 122 Å². The van der Waals surface area contributed by atoms with E-state index in [-0.39, 0.29) is 24.0 Å². The minimum atomic E-state index is -1.03. The molecular weight excluding hydrogens is 276 g/mol. The summed E-state index contributed by atoms with van der Waals surface area (Å²) in [5.74, 6) is -1.48. The van der Waals surface area contributed by atoms with Crippen LogP contribution in [0.3, 0.4) is 0 Å². The van der Waals surface area contributed by atoms with E-state index in [0.29, 0.717) is 25.8 Å². The molecule has 1 atom stereocenters. The molecule has 0 saturated carbocycles. The summed E-state index contributed by atoms with van der Waals surface area (Å²) < 4.78 is 4.92. The SMILES string of the molecule is CCC[C@@H](NC(=O)CCCNC(=O)c1ccco1)C(=O)O. The molecule has 0 aromatic carbocycles. The molecule has 0 saturated heterocycles. The van der Waals surface area contributed by atoms with Crippen LogP contribution in [-0.4, -0.2) is 35.5 Å². The number of hydrogen-bond acceptors (Lipinski definition) is 4. The quantitative estimate of drug-likeness (QED) is 0.592. The predicted molar refractivity (Wildman–Crippen MR) is 74.7 cm³/mol. The first-order valence-electron chi connectivity index (χ1n) is 6.88. The molecular formula is C14H20N2O5. The molecule has 116 valence electrons. The predicted octanol–water partition coefficient (Wildman–Crippen LogP) is 1.16. The molecule has 1 heterocycles. The Morgan fingerprint density at radius 1 is 1.38 bits per heavy atom. The van der Waals surface area contributed by atoms with Gasteiger partial charge >= 0.3 is 5.97 Å². The fourth-order valence-corrected chi connectivity index (χ4v) is 1.76. The molecule has 21 heavy (non-hydrogen) atoms. The highest BCUT2D eigenvalue weighted by atomic mass is 16.4. The second-order valence-corrected chi connectivity index (χ2v) is 4.58. The standard InChI is InChI=1S/C14H20N2O5/c1-2-5-10(14(19)20)16-12(17)7-3-8-15-13(18)11-6-4-9-21-11/h4,6,9-10H,2-3,5,7-8H2,1H3,(H,15,18)(H,16,17)(H,19,20)/t10-/m1/s1. The maximum absolute atomic E-state index is 11.6. The maximum atomic E-state index is 11.6. The fraction of sp³-hybridized carbons (Fsp3) is 0.500. The summed E-state index contributed by atoms with van der Waals surface area (Å²) in [6.45, 7) is 2.17. The van der Waals surface area contributed by atoms with Crippen LogP contribution in [-0.2, 0) is 9.59 Å². The number of aliphatic carboxylic acids is 1. The van der Waals surface area contributed by atoms with E-state index in [0.717, 1.165) is 0 Å². The van der Waals surface area contributed by atoms with E-state index >= 15 is 0 Å². The van der Waals surface area contributed by atoms with Gasteiger partial charge in [0.25, 0.3) is 5.91 Å². The van der Waals surface area contributed by atoms with Crippen LogP contribution in [0, 0.1) is 0 Å². The summed E-state index contributed by atoms with van der Waals surface area (Å²) in [4.78, 5) is 34.0. The van der Waals surface area contributed by atoms with Gasteiger partial charge in [0.05, 0.1) is 6.26 Å². The average Bonchev–Trinajstić information content (AvgIpc) is 2.97. The normalized spacial score (nSPS) is 11.7. The molecule has 0 aliphatic rings. The number of carbonyl (C=O) groups excluding carboxylic acids is 2. The Kier molecular flexibility index (Phi) is 7.00. The van der Waals surface area contributed by atoms with Gasteiger partial charge in [0.15, 0.2) is 5.76 Å². The first-order chi connectivity index (χ1) is 10.0. The van der Waals surface area contributed by atoms with E-state index in [4.69, 9.17) is 9.52 Å². The zero-order valence-electron chi connectivity index (χ0n) is 11.9. The van der Waals surface area contributed by atoms with Gasteiger partial charge in [0, 0.05) is 13.0 Å². The zero-order valence-corrected chi connectivity index (χ0v) is 11.9. The van der Waals surface area contributed by atoms with Crippen LogP contribution < -0.4 is 10.6 Å². The summed E-state index contributed by atoms with van der Waals surface area (Å²) in [6.07, 6.45) is 3.07. The van der Waals surface area contributed by atoms with E-state index in [1.165, 1.54) is 6.26 Å². The van der Waals surface area contributed by atoms with Crippen molar-refractivity contribution in [3.8, 4) is 0 Å². The number of furan rings is 1. The number of nitrogens with one attached hydrogen (secondary N) is 2. The third-order valence-electron chi connectivity index (χ3n) is 2.82. The molecule has 0 aliphatic heterocycles. The minimum absolute atomic E-state index is 0.159. The smallest absolute Gasteiger partial charge is 0.326 e. The Bertz CT molecular complexity index is 470. The van der Waals surface area contributed by atoms with Gasteiger partial charge in [-0.2, -0.15) is 0 Å². The van der Waals surface area contributed by atoms with Crippen LogP contribution in [0.4, 0.5) is 0 Å². The van der Waals surface area contributed by atoms with Gasteiger partial charge in [0.1, 0.15) is 6.04 Å². The Morgan fingerprint density at radius 3 is 2.71 bits per heavy atom. The number of carbonyl (C=O) groups is 3. The van der Waals surface area contributed by atoms with Crippen molar-refractivity contribution in [3.63, 3.8) is 0 Å². The highest BCUT2D eigenvalue weighted by Crippen LogP contribution is 2.00. The van der Waals surface area contributed by atoms with Gasteiger partial charge in [-0.1, -0.05) is 13.3 Å². The highest BCUT2D eigenvalue weighted by Gasteiger charge is 2.18. The van der Waals surface area contributed by atoms with Crippen molar-refractivity contribution in [2.45, 2.75) is 38.6 Å². The Hall–Kier alpha value is -2.31. The van der Waals surface area contributed by atoms with Crippen LogP contribution in [0.15, 0.2) is 22.8 Å². The first kappa shape index (κ1) is 16.7. The molecule has 0 fully saturated rings. The molecule has 0 aliphatic carbocycles. The van der Waals surface area contributed by atoms with Gasteiger partial charge in [-0.15, -0.1) is 0 Å². The first-order valence-corrected chi connectivity index (χ1v) is 6.88. The molecule has 0 unspecified atom stereocenters. The second-order valence-electron chi connectivity index (χ2n) is 4.58. The van der Waals surface area contributed by atoms with Crippen molar-refractivity contribution in [2.75, 3.05) is 6.54 Å². The molecule has 3 N–H and O–H groups in total. The summed E-state index contributed by atoms with van der Waals surface area (Å²) in [6, 6.07) is 2.31. The number of hydrogen-bond donors (Lipinski definition) is 3. The van der Waals surface area contributed by atoms with Crippen LogP contribution in [0.5, 0.6) is 0 Å². The zero-order chi connectivity index (χ0) is 15.7.